The molecule has 2 unspecified atom stereocenters. The van der Waals surface area contributed by atoms with E-state index < -0.39 is 6.10 Å². The second-order valence-electron chi connectivity index (χ2n) is 4.91. The molecule has 0 bridgehead atoms. The molecule has 1 aliphatic rings. The molecular formula is C16H16BrNO. The number of benzene rings is 2. The van der Waals surface area contributed by atoms with Gasteiger partial charge < -0.3 is 10.4 Å². The topological polar surface area (TPSA) is 32.3 Å². The van der Waals surface area contributed by atoms with Gasteiger partial charge in [-0.1, -0.05) is 52.3 Å². The number of nitrogens with one attached hydrogen (secondary N) is 1. The lowest BCUT2D eigenvalue weighted by Gasteiger charge is -2.31. The van der Waals surface area contributed by atoms with Gasteiger partial charge in [0.15, 0.2) is 0 Å². The molecule has 19 heavy (non-hydrogen) atoms. The normalized spacial score (nSPS) is 19.4. The van der Waals surface area contributed by atoms with Crippen molar-refractivity contribution in [3.63, 3.8) is 0 Å². The van der Waals surface area contributed by atoms with Gasteiger partial charge in [-0.3, -0.25) is 0 Å². The Labute approximate surface area is 121 Å². The standard InChI is InChI=1S/C16H16BrNO/c17-13-7-3-2-6-12(13)16(19)15-10-9-11-5-1-4-8-14(11)18-15/h1-8,15-16,18-19H,9-10H2. The van der Waals surface area contributed by atoms with Crippen molar-refractivity contribution in [1.29, 1.82) is 0 Å². The minimum atomic E-state index is -0.496. The molecule has 0 saturated carbocycles. The summed E-state index contributed by atoms with van der Waals surface area (Å²) >= 11 is 3.51. The van der Waals surface area contributed by atoms with E-state index in [4.69, 9.17) is 0 Å². The van der Waals surface area contributed by atoms with Crippen LogP contribution in [0.3, 0.4) is 0 Å². The van der Waals surface area contributed by atoms with E-state index in [1.807, 2.05) is 30.3 Å². The first-order chi connectivity index (χ1) is 9.25. The highest BCUT2D eigenvalue weighted by molar-refractivity contribution is 9.10. The number of aryl methyl sites for hydroxylation is 1. The van der Waals surface area contributed by atoms with E-state index in [0.29, 0.717) is 0 Å². The number of hydrogen-bond acceptors (Lipinski definition) is 2. The maximum Gasteiger partial charge on any atom is 0.100 e. The van der Waals surface area contributed by atoms with Crippen LogP contribution in [0.1, 0.15) is 23.7 Å². The van der Waals surface area contributed by atoms with Crippen molar-refractivity contribution in [2.75, 3.05) is 5.32 Å². The van der Waals surface area contributed by atoms with Crippen molar-refractivity contribution in [2.24, 2.45) is 0 Å². The highest BCUT2D eigenvalue weighted by atomic mass is 79.9. The highest BCUT2D eigenvalue weighted by Crippen LogP contribution is 2.33. The molecule has 2 atom stereocenters. The van der Waals surface area contributed by atoms with Gasteiger partial charge in [-0.05, 0) is 36.1 Å². The smallest absolute Gasteiger partial charge is 0.100 e. The molecule has 2 N–H and O–H groups in total. The lowest BCUT2D eigenvalue weighted by molar-refractivity contribution is 0.148. The average Bonchev–Trinajstić information content (AvgIpc) is 2.46. The quantitative estimate of drug-likeness (QED) is 0.880. The Kier molecular flexibility index (Phi) is 3.58. The molecule has 0 aromatic heterocycles. The molecule has 0 amide bonds. The van der Waals surface area contributed by atoms with Gasteiger partial charge in [0.25, 0.3) is 0 Å². The fourth-order valence-electron chi connectivity index (χ4n) is 2.63. The molecule has 98 valence electrons. The summed E-state index contributed by atoms with van der Waals surface area (Å²) in [7, 11) is 0. The highest BCUT2D eigenvalue weighted by Gasteiger charge is 2.26. The maximum atomic E-state index is 10.6. The van der Waals surface area contributed by atoms with E-state index >= 15 is 0 Å². The molecule has 1 heterocycles. The lowest BCUT2D eigenvalue weighted by atomic mass is 9.92. The molecule has 2 nitrogen and oxygen atoms in total. The van der Waals surface area contributed by atoms with Crippen LogP contribution >= 0.6 is 15.9 Å². The monoisotopic (exact) mass is 317 g/mol. The van der Waals surface area contributed by atoms with Crippen molar-refractivity contribution < 1.29 is 5.11 Å². The van der Waals surface area contributed by atoms with E-state index in [1.54, 1.807) is 0 Å². The zero-order valence-electron chi connectivity index (χ0n) is 10.5. The minimum Gasteiger partial charge on any atom is -0.386 e. The Hall–Kier alpha value is -1.32. The molecule has 2 aromatic rings. The summed E-state index contributed by atoms with van der Waals surface area (Å²) < 4.78 is 0.961. The fraction of sp³-hybridized carbons (Fsp3) is 0.250. The average molecular weight is 318 g/mol. The van der Waals surface area contributed by atoms with Crippen LogP contribution in [0.15, 0.2) is 53.0 Å². The molecule has 0 radical (unpaired) electrons. The first-order valence-corrected chi connectivity index (χ1v) is 7.32. The summed E-state index contributed by atoms with van der Waals surface area (Å²) in [6.07, 6.45) is 1.46. The minimum absolute atomic E-state index is 0.0635. The Bertz CT molecular complexity index is 584. The predicted molar refractivity (Wildman–Crippen MR) is 81.3 cm³/mol. The molecular weight excluding hydrogens is 302 g/mol. The summed E-state index contributed by atoms with van der Waals surface area (Å²) in [5.74, 6) is 0. The number of hydrogen-bond donors (Lipinski definition) is 2. The second kappa shape index (κ2) is 5.35. The SMILES string of the molecule is OC(c1ccccc1Br)C1CCc2ccccc2N1. The van der Waals surface area contributed by atoms with Crippen LogP contribution in [0.4, 0.5) is 5.69 Å². The van der Waals surface area contributed by atoms with Gasteiger partial charge in [0, 0.05) is 10.2 Å². The van der Waals surface area contributed by atoms with Crippen molar-refractivity contribution >= 4 is 21.6 Å². The van der Waals surface area contributed by atoms with E-state index in [9.17, 15) is 5.11 Å². The van der Waals surface area contributed by atoms with Crippen molar-refractivity contribution in [3.8, 4) is 0 Å². The molecule has 0 aliphatic carbocycles. The first kappa shape index (κ1) is 12.7. The largest absolute Gasteiger partial charge is 0.386 e. The second-order valence-corrected chi connectivity index (χ2v) is 5.77. The van der Waals surface area contributed by atoms with Crippen molar-refractivity contribution in [3.05, 3.63) is 64.1 Å². The van der Waals surface area contributed by atoms with Gasteiger partial charge >= 0.3 is 0 Å². The Morgan fingerprint density at radius 2 is 1.84 bits per heavy atom. The zero-order chi connectivity index (χ0) is 13.2. The van der Waals surface area contributed by atoms with Crippen LogP contribution < -0.4 is 5.32 Å². The van der Waals surface area contributed by atoms with Crippen molar-refractivity contribution in [2.45, 2.75) is 25.0 Å². The summed E-state index contributed by atoms with van der Waals surface area (Å²) in [5, 5.41) is 14.0. The summed E-state index contributed by atoms with van der Waals surface area (Å²) in [6, 6.07) is 16.2. The number of para-hydroxylation sites is 1. The number of aliphatic hydroxyl groups is 1. The molecule has 0 spiro atoms. The van der Waals surface area contributed by atoms with Crippen LogP contribution in [0.5, 0.6) is 0 Å². The molecule has 3 rings (SSSR count). The summed E-state index contributed by atoms with van der Waals surface area (Å²) in [6.45, 7) is 0. The predicted octanol–water partition coefficient (Wildman–Crippen LogP) is 3.91. The van der Waals surface area contributed by atoms with Gasteiger partial charge in [0.1, 0.15) is 6.10 Å². The van der Waals surface area contributed by atoms with Crippen LogP contribution in [0.2, 0.25) is 0 Å². The summed E-state index contributed by atoms with van der Waals surface area (Å²) in [4.78, 5) is 0. The van der Waals surface area contributed by atoms with Crippen LogP contribution in [0, 0.1) is 0 Å². The number of rotatable bonds is 2. The molecule has 0 saturated heterocycles. The fourth-order valence-corrected chi connectivity index (χ4v) is 3.15. The summed E-state index contributed by atoms with van der Waals surface area (Å²) in [5.41, 5.74) is 3.42. The van der Waals surface area contributed by atoms with Gasteiger partial charge in [0.05, 0.1) is 6.04 Å². The Morgan fingerprint density at radius 3 is 2.68 bits per heavy atom. The number of aliphatic hydroxyl groups excluding tert-OH is 1. The molecule has 2 aromatic carbocycles. The van der Waals surface area contributed by atoms with Gasteiger partial charge in [-0.2, -0.15) is 0 Å². The number of halogens is 1. The zero-order valence-corrected chi connectivity index (χ0v) is 12.1. The van der Waals surface area contributed by atoms with Crippen LogP contribution in [0.25, 0.3) is 0 Å². The first-order valence-electron chi connectivity index (χ1n) is 6.52. The number of anilines is 1. The number of fused-ring (bicyclic) bond motifs is 1. The van der Waals surface area contributed by atoms with E-state index in [0.717, 1.165) is 28.6 Å². The third-order valence-corrected chi connectivity index (χ3v) is 4.41. The Balaban J connectivity index is 1.83. The third-order valence-electron chi connectivity index (χ3n) is 3.69. The van der Waals surface area contributed by atoms with Crippen molar-refractivity contribution in [1.82, 2.24) is 0 Å². The van der Waals surface area contributed by atoms with E-state index in [2.05, 4.69) is 39.4 Å². The van der Waals surface area contributed by atoms with Crippen LogP contribution in [-0.4, -0.2) is 11.1 Å². The maximum absolute atomic E-state index is 10.6. The molecule has 0 fully saturated rings. The van der Waals surface area contributed by atoms with Crippen LogP contribution in [-0.2, 0) is 6.42 Å². The van der Waals surface area contributed by atoms with Gasteiger partial charge in [-0.25, -0.2) is 0 Å². The lowest BCUT2D eigenvalue weighted by Crippen LogP contribution is -2.31. The third kappa shape index (κ3) is 2.53. The van der Waals surface area contributed by atoms with E-state index in [1.165, 1.54) is 5.56 Å². The molecule has 3 heteroatoms. The molecule has 1 aliphatic heterocycles. The van der Waals surface area contributed by atoms with Gasteiger partial charge in [0.2, 0.25) is 0 Å². The van der Waals surface area contributed by atoms with E-state index in [-0.39, 0.29) is 6.04 Å². The van der Waals surface area contributed by atoms with Gasteiger partial charge in [-0.15, -0.1) is 0 Å². The Morgan fingerprint density at radius 1 is 1.11 bits per heavy atom.